The van der Waals surface area contributed by atoms with Gasteiger partial charge in [0.05, 0.1) is 12.7 Å². The number of aliphatic hydroxyl groups is 1. The van der Waals surface area contributed by atoms with Crippen LogP contribution in [-0.2, 0) is 4.74 Å². The molecule has 1 aliphatic rings. The maximum Gasteiger partial charge on any atom is 0.0897 e. The highest BCUT2D eigenvalue weighted by Gasteiger charge is 2.21. The third-order valence-electron chi connectivity index (χ3n) is 3.39. The predicted molar refractivity (Wildman–Crippen MR) is 77.4 cm³/mol. The van der Waals surface area contributed by atoms with E-state index in [0.29, 0.717) is 13.2 Å². The fourth-order valence-electron chi connectivity index (χ4n) is 1.90. The maximum absolute atomic E-state index is 9.81. The lowest BCUT2D eigenvalue weighted by atomic mass is 10.1. The molecule has 0 bridgehead atoms. The summed E-state index contributed by atoms with van der Waals surface area (Å²) in [6.45, 7) is 3.82. The zero-order valence-corrected chi connectivity index (χ0v) is 12.1. The van der Waals surface area contributed by atoms with Crippen molar-refractivity contribution in [1.29, 1.82) is 0 Å². The Morgan fingerprint density at radius 2 is 2.05 bits per heavy atom. The fourth-order valence-corrected chi connectivity index (χ4v) is 2.02. The lowest BCUT2D eigenvalue weighted by Gasteiger charge is -2.17. The SMILES string of the molecule is C[C@@H](NCC(O)COCC1CC1)c1ccc(Cl)cc1. The van der Waals surface area contributed by atoms with Gasteiger partial charge in [-0.2, -0.15) is 0 Å². The quantitative estimate of drug-likeness (QED) is 0.771. The molecule has 0 radical (unpaired) electrons. The summed E-state index contributed by atoms with van der Waals surface area (Å²) in [4.78, 5) is 0. The van der Waals surface area contributed by atoms with Gasteiger partial charge in [0.2, 0.25) is 0 Å². The van der Waals surface area contributed by atoms with Gasteiger partial charge in [-0.25, -0.2) is 0 Å². The lowest BCUT2D eigenvalue weighted by molar-refractivity contribution is 0.0315. The van der Waals surface area contributed by atoms with Crippen molar-refractivity contribution in [3.05, 3.63) is 34.9 Å². The summed E-state index contributed by atoms with van der Waals surface area (Å²) < 4.78 is 5.47. The first-order chi connectivity index (χ1) is 9.15. The van der Waals surface area contributed by atoms with Crippen LogP contribution in [0.5, 0.6) is 0 Å². The third-order valence-corrected chi connectivity index (χ3v) is 3.64. The van der Waals surface area contributed by atoms with Crippen molar-refractivity contribution < 1.29 is 9.84 Å². The van der Waals surface area contributed by atoms with E-state index in [1.807, 2.05) is 24.3 Å². The molecule has 19 heavy (non-hydrogen) atoms. The van der Waals surface area contributed by atoms with Crippen molar-refractivity contribution in [1.82, 2.24) is 5.32 Å². The van der Waals surface area contributed by atoms with Crippen LogP contribution in [0.25, 0.3) is 0 Å². The lowest BCUT2D eigenvalue weighted by Crippen LogP contribution is -2.32. The van der Waals surface area contributed by atoms with Gasteiger partial charge in [0.15, 0.2) is 0 Å². The standard InChI is InChI=1S/C15H22ClNO2/c1-11(13-4-6-14(16)7-5-13)17-8-15(18)10-19-9-12-2-3-12/h4-7,11-12,15,17-18H,2-3,8-10H2,1H3/t11-,15?/m1/s1. The highest BCUT2D eigenvalue weighted by Crippen LogP contribution is 2.28. The number of halogens is 1. The minimum atomic E-state index is -0.450. The Bertz CT molecular complexity index is 378. The van der Waals surface area contributed by atoms with Gasteiger partial charge in [-0.15, -0.1) is 0 Å². The number of nitrogens with one attached hydrogen (secondary N) is 1. The molecular weight excluding hydrogens is 262 g/mol. The average Bonchev–Trinajstić information content (AvgIpc) is 3.21. The van der Waals surface area contributed by atoms with Gasteiger partial charge in [0, 0.05) is 24.2 Å². The van der Waals surface area contributed by atoms with Crippen LogP contribution in [0.15, 0.2) is 24.3 Å². The van der Waals surface area contributed by atoms with Gasteiger partial charge >= 0.3 is 0 Å². The van der Waals surface area contributed by atoms with E-state index in [-0.39, 0.29) is 6.04 Å². The predicted octanol–water partition coefficient (Wildman–Crippen LogP) is 2.78. The van der Waals surface area contributed by atoms with Gasteiger partial charge in [0.1, 0.15) is 0 Å². The highest BCUT2D eigenvalue weighted by molar-refractivity contribution is 6.30. The van der Waals surface area contributed by atoms with E-state index < -0.39 is 6.10 Å². The van der Waals surface area contributed by atoms with Crippen LogP contribution in [0, 0.1) is 5.92 Å². The summed E-state index contributed by atoms with van der Waals surface area (Å²) in [5.41, 5.74) is 1.16. The van der Waals surface area contributed by atoms with Gasteiger partial charge in [-0.05, 0) is 43.4 Å². The molecule has 2 rings (SSSR count). The molecule has 1 aromatic rings. The summed E-state index contributed by atoms with van der Waals surface area (Å²) >= 11 is 5.85. The second-order valence-corrected chi connectivity index (χ2v) is 5.75. The minimum absolute atomic E-state index is 0.190. The topological polar surface area (TPSA) is 41.5 Å². The van der Waals surface area contributed by atoms with Crippen LogP contribution < -0.4 is 5.32 Å². The Balaban J connectivity index is 1.64. The van der Waals surface area contributed by atoms with E-state index in [0.717, 1.165) is 23.1 Å². The van der Waals surface area contributed by atoms with Crippen molar-refractivity contribution in [3.8, 4) is 0 Å². The molecular formula is C15H22ClNO2. The Hall–Kier alpha value is -0.610. The maximum atomic E-state index is 9.81. The summed E-state index contributed by atoms with van der Waals surface area (Å²) in [7, 11) is 0. The van der Waals surface area contributed by atoms with Crippen LogP contribution in [0.2, 0.25) is 5.02 Å². The van der Waals surface area contributed by atoms with Crippen molar-refractivity contribution in [3.63, 3.8) is 0 Å². The number of ether oxygens (including phenoxy) is 1. The zero-order chi connectivity index (χ0) is 13.7. The summed E-state index contributed by atoms with van der Waals surface area (Å²) in [5, 5.41) is 13.9. The monoisotopic (exact) mass is 283 g/mol. The first kappa shape index (κ1) is 14.8. The van der Waals surface area contributed by atoms with Crippen molar-refractivity contribution in [2.75, 3.05) is 19.8 Å². The Labute approximate surface area is 119 Å². The smallest absolute Gasteiger partial charge is 0.0897 e. The normalized spacial score (nSPS) is 18.3. The van der Waals surface area contributed by atoms with Crippen LogP contribution >= 0.6 is 11.6 Å². The van der Waals surface area contributed by atoms with E-state index >= 15 is 0 Å². The first-order valence-electron chi connectivity index (χ1n) is 6.90. The second kappa shape index (κ2) is 7.25. The highest BCUT2D eigenvalue weighted by atomic mass is 35.5. The van der Waals surface area contributed by atoms with Gasteiger partial charge < -0.3 is 15.2 Å². The largest absolute Gasteiger partial charge is 0.389 e. The van der Waals surface area contributed by atoms with Gasteiger partial charge in [-0.3, -0.25) is 0 Å². The van der Waals surface area contributed by atoms with E-state index in [9.17, 15) is 5.11 Å². The first-order valence-corrected chi connectivity index (χ1v) is 7.27. The average molecular weight is 284 g/mol. The van der Waals surface area contributed by atoms with Gasteiger partial charge in [0.25, 0.3) is 0 Å². The molecule has 0 aliphatic heterocycles. The number of hydrogen-bond donors (Lipinski definition) is 2. The van der Waals surface area contributed by atoms with E-state index in [4.69, 9.17) is 16.3 Å². The summed E-state index contributed by atoms with van der Waals surface area (Å²) in [6, 6.07) is 7.94. The molecule has 1 fully saturated rings. The van der Waals surface area contributed by atoms with E-state index in [2.05, 4.69) is 12.2 Å². The molecule has 4 heteroatoms. The molecule has 3 nitrogen and oxygen atoms in total. The van der Waals surface area contributed by atoms with Crippen molar-refractivity contribution >= 4 is 11.6 Å². The van der Waals surface area contributed by atoms with Crippen molar-refractivity contribution in [2.24, 2.45) is 5.92 Å². The Kier molecular flexibility index (Phi) is 5.64. The fraction of sp³-hybridized carbons (Fsp3) is 0.600. The Morgan fingerprint density at radius 3 is 2.68 bits per heavy atom. The molecule has 0 saturated heterocycles. The zero-order valence-electron chi connectivity index (χ0n) is 11.3. The molecule has 1 saturated carbocycles. The molecule has 2 N–H and O–H groups in total. The van der Waals surface area contributed by atoms with Crippen LogP contribution in [0.1, 0.15) is 31.4 Å². The molecule has 106 valence electrons. The molecule has 0 amide bonds. The molecule has 2 atom stereocenters. The molecule has 0 spiro atoms. The molecule has 0 heterocycles. The molecule has 1 aromatic carbocycles. The number of benzene rings is 1. The second-order valence-electron chi connectivity index (χ2n) is 5.32. The molecule has 1 aliphatic carbocycles. The number of hydrogen-bond acceptors (Lipinski definition) is 3. The van der Waals surface area contributed by atoms with E-state index in [1.165, 1.54) is 12.8 Å². The summed E-state index contributed by atoms with van der Waals surface area (Å²) in [6.07, 6.45) is 2.11. The molecule has 1 unspecified atom stereocenters. The minimum Gasteiger partial charge on any atom is -0.389 e. The van der Waals surface area contributed by atoms with Crippen LogP contribution in [0.3, 0.4) is 0 Å². The Morgan fingerprint density at radius 1 is 1.37 bits per heavy atom. The van der Waals surface area contributed by atoms with Crippen LogP contribution in [-0.4, -0.2) is 31.0 Å². The van der Waals surface area contributed by atoms with E-state index in [1.54, 1.807) is 0 Å². The van der Waals surface area contributed by atoms with Gasteiger partial charge in [-0.1, -0.05) is 23.7 Å². The third kappa shape index (κ3) is 5.49. The number of aliphatic hydroxyl groups excluding tert-OH is 1. The molecule has 0 aromatic heterocycles. The summed E-state index contributed by atoms with van der Waals surface area (Å²) in [5.74, 6) is 0.744. The number of rotatable bonds is 8. The van der Waals surface area contributed by atoms with Crippen molar-refractivity contribution in [2.45, 2.75) is 31.9 Å². The van der Waals surface area contributed by atoms with Crippen LogP contribution in [0.4, 0.5) is 0 Å².